The number of nitrogens with zero attached hydrogens (tertiary/aromatic N) is 4. The molecule has 1 fully saturated rings. The molecule has 0 aliphatic carbocycles. The zero-order chi connectivity index (χ0) is 29.0. The van der Waals surface area contributed by atoms with Crippen LogP contribution in [0.4, 0.5) is 4.39 Å². The summed E-state index contributed by atoms with van der Waals surface area (Å²) >= 11 is 0. The maximum Gasteiger partial charge on any atom is 0.274 e. The van der Waals surface area contributed by atoms with E-state index < -0.39 is 17.5 Å². The summed E-state index contributed by atoms with van der Waals surface area (Å²) < 4.78 is 15.5. The molecule has 218 valence electrons. The molecule has 1 saturated heterocycles. The van der Waals surface area contributed by atoms with Gasteiger partial charge in [-0.15, -0.1) is 0 Å². The minimum atomic E-state index is -0.698. The van der Waals surface area contributed by atoms with Gasteiger partial charge in [-0.05, 0) is 62.8 Å². The lowest BCUT2D eigenvalue weighted by Crippen LogP contribution is -2.59. The lowest BCUT2D eigenvalue weighted by molar-refractivity contribution is -0.140. The van der Waals surface area contributed by atoms with E-state index in [9.17, 15) is 18.8 Å². The fourth-order valence-electron chi connectivity index (χ4n) is 5.49. The highest BCUT2D eigenvalue weighted by molar-refractivity contribution is 5.93. The van der Waals surface area contributed by atoms with E-state index in [-0.39, 0.29) is 29.6 Å². The van der Waals surface area contributed by atoms with Crippen molar-refractivity contribution in [2.45, 2.75) is 84.5 Å². The van der Waals surface area contributed by atoms with Crippen molar-refractivity contribution < 1.29 is 18.8 Å². The van der Waals surface area contributed by atoms with Gasteiger partial charge in [-0.25, -0.2) is 9.37 Å². The van der Waals surface area contributed by atoms with E-state index in [1.54, 1.807) is 31.0 Å². The van der Waals surface area contributed by atoms with E-state index in [1.165, 1.54) is 12.1 Å². The second-order valence-electron chi connectivity index (χ2n) is 12.1. The van der Waals surface area contributed by atoms with Gasteiger partial charge in [-0.1, -0.05) is 32.9 Å². The molecule has 0 unspecified atom stereocenters. The molecule has 40 heavy (non-hydrogen) atoms. The number of aromatic nitrogens is 2. The first-order valence-electron chi connectivity index (χ1n) is 14.4. The number of carbonyl (C=O) groups is 3. The van der Waals surface area contributed by atoms with Gasteiger partial charge in [0.1, 0.15) is 23.4 Å². The van der Waals surface area contributed by atoms with Crippen LogP contribution in [0.2, 0.25) is 0 Å². The van der Waals surface area contributed by atoms with E-state index in [4.69, 9.17) is 0 Å². The quantitative estimate of drug-likeness (QED) is 0.471. The first-order chi connectivity index (χ1) is 19.0. The number of amides is 3. The van der Waals surface area contributed by atoms with Crippen LogP contribution in [0.3, 0.4) is 0 Å². The molecule has 3 atom stereocenters. The van der Waals surface area contributed by atoms with Gasteiger partial charge in [0.2, 0.25) is 11.8 Å². The number of likely N-dealkylation sites (tertiary alicyclic amines) is 1. The van der Waals surface area contributed by atoms with E-state index in [2.05, 4.69) is 15.6 Å². The number of fused-ring (bicyclic) bond motifs is 1. The minimum absolute atomic E-state index is 0.126. The Morgan fingerprint density at radius 3 is 2.52 bits per heavy atom. The van der Waals surface area contributed by atoms with Crippen molar-refractivity contribution in [2.75, 3.05) is 26.7 Å². The fourth-order valence-corrected chi connectivity index (χ4v) is 5.49. The Labute approximate surface area is 236 Å². The molecule has 0 saturated carbocycles. The molecule has 2 N–H and O–H groups in total. The lowest BCUT2D eigenvalue weighted by atomic mass is 9.85. The van der Waals surface area contributed by atoms with Crippen molar-refractivity contribution in [3.63, 3.8) is 0 Å². The number of carbonyl (C=O) groups excluding carboxylic acids is 3. The zero-order valence-electron chi connectivity index (χ0n) is 24.4. The summed E-state index contributed by atoms with van der Waals surface area (Å²) in [6.07, 6.45) is 5.88. The van der Waals surface area contributed by atoms with Crippen LogP contribution < -0.4 is 10.6 Å². The minimum Gasteiger partial charge on any atom is -0.342 e. The highest BCUT2D eigenvalue weighted by atomic mass is 19.1. The third-order valence-corrected chi connectivity index (χ3v) is 8.07. The van der Waals surface area contributed by atoms with Crippen LogP contribution in [0.5, 0.6) is 0 Å². The Hall–Kier alpha value is -3.27. The van der Waals surface area contributed by atoms with E-state index >= 15 is 0 Å². The largest absolute Gasteiger partial charge is 0.342 e. The van der Waals surface area contributed by atoms with Crippen LogP contribution in [0.1, 0.15) is 68.8 Å². The summed E-state index contributed by atoms with van der Waals surface area (Å²) in [4.78, 5) is 48.6. The third-order valence-electron chi connectivity index (χ3n) is 8.07. The number of hydrogen-bond donors (Lipinski definition) is 2. The molecule has 1 aromatic heterocycles. The van der Waals surface area contributed by atoms with Crippen LogP contribution in [-0.2, 0) is 29.0 Å². The van der Waals surface area contributed by atoms with Gasteiger partial charge < -0.3 is 25.0 Å². The molecule has 9 nitrogen and oxygen atoms in total. The monoisotopic (exact) mass is 554 g/mol. The SMILES string of the molecule is CN[C@@H](C)C(=O)N[C@H](C(=O)N1CCC[C@H]1CN(CCc1ccc(F)cc1)C(=O)c1cn2c(n1)CCC2)C(C)(C)C. The van der Waals surface area contributed by atoms with Crippen LogP contribution in [0.25, 0.3) is 0 Å². The number of hydrogen-bond acceptors (Lipinski definition) is 5. The number of halogens is 1. The number of nitrogens with one attached hydrogen (secondary N) is 2. The normalized spacial score (nSPS) is 18.4. The maximum absolute atomic E-state index is 13.9. The number of rotatable bonds is 10. The Morgan fingerprint density at radius 2 is 1.88 bits per heavy atom. The number of likely N-dealkylation sites (N-methyl/N-ethyl adjacent to an activating group) is 1. The second kappa shape index (κ2) is 12.5. The highest BCUT2D eigenvalue weighted by Crippen LogP contribution is 2.27. The first-order valence-corrected chi connectivity index (χ1v) is 14.4. The predicted octanol–water partition coefficient (Wildman–Crippen LogP) is 2.78. The Bertz CT molecular complexity index is 1180. The van der Waals surface area contributed by atoms with Gasteiger partial charge in [0.15, 0.2) is 0 Å². The molecule has 0 radical (unpaired) electrons. The summed E-state index contributed by atoms with van der Waals surface area (Å²) in [7, 11) is 1.71. The molecule has 2 aliphatic rings. The zero-order valence-corrected chi connectivity index (χ0v) is 24.4. The first kappa shape index (κ1) is 29.7. The Morgan fingerprint density at radius 1 is 1.15 bits per heavy atom. The summed E-state index contributed by atoms with van der Waals surface area (Å²) in [5.41, 5.74) is 0.855. The molecule has 3 amide bonds. The van der Waals surface area contributed by atoms with E-state index in [0.29, 0.717) is 31.7 Å². The van der Waals surface area contributed by atoms with Gasteiger partial charge in [-0.3, -0.25) is 14.4 Å². The molecule has 1 aromatic carbocycles. The standard InChI is InChI=1S/C30H43FN6O3/c1-20(32-5)27(38)34-26(30(2,3)4)29(40)37-16-6-8-23(37)18-36(17-14-21-10-12-22(31)13-11-21)28(39)24-19-35-15-7-9-25(35)33-24/h10-13,19-20,23,26,32H,6-9,14-18H2,1-5H3,(H,34,38)/t20-,23-,26+/m0/s1. The van der Waals surface area contributed by atoms with Gasteiger partial charge in [0.25, 0.3) is 5.91 Å². The number of imidazole rings is 1. The maximum atomic E-state index is 13.9. The smallest absolute Gasteiger partial charge is 0.274 e. The van der Waals surface area contributed by atoms with Crippen molar-refractivity contribution in [3.8, 4) is 0 Å². The summed E-state index contributed by atoms with van der Waals surface area (Å²) in [6.45, 7) is 9.82. The van der Waals surface area contributed by atoms with Crippen LogP contribution in [0, 0.1) is 11.2 Å². The molecule has 0 bridgehead atoms. The van der Waals surface area contributed by atoms with Crippen LogP contribution >= 0.6 is 0 Å². The second-order valence-corrected chi connectivity index (χ2v) is 12.1. The average molecular weight is 555 g/mol. The van der Waals surface area contributed by atoms with Crippen LogP contribution in [-0.4, -0.2) is 81.9 Å². The molecule has 2 aliphatic heterocycles. The molecular weight excluding hydrogens is 511 g/mol. The third kappa shape index (κ3) is 6.89. The van der Waals surface area contributed by atoms with E-state index in [1.807, 2.05) is 36.4 Å². The molecule has 3 heterocycles. The van der Waals surface area contributed by atoms with Crippen molar-refractivity contribution >= 4 is 17.7 Å². The van der Waals surface area contributed by atoms with Crippen molar-refractivity contribution in [2.24, 2.45) is 5.41 Å². The van der Waals surface area contributed by atoms with Gasteiger partial charge in [0.05, 0.1) is 6.04 Å². The fraction of sp³-hybridized carbons (Fsp3) is 0.600. The Kier molecular flexibility index (Phi) is 9.28. The average Bonchev–Trinajstić information content (AvgIpc) is 3.65. The van der Waals surface area contributed by atoms with E-state index in [0.717, 1.165) is 43.6 Å². The lowest BCUT2D eigenvalue weighted by Gasteiger charge is -2.37. The molecule has 10 heteroatoms. The summed E-state index contributed by atoms with van der Waals surface area (Å²) in [6, 6.07) is 5.01. The summed E-state index contributed by atoms with van der Waals surface area (Å²) in [5.74, 6) is 0.119. The number of benzene rings is 1. The van der Waals surface area contributed by atoms with Crippen LogP contribution in [0.15, 0.2) is 30.5 Å². The predicted molar refractivity (Wildman–Crippen MR) is 151 cm³/mol. The topological polar surface area (TPSA) is 99.6 Å². The Balaban J connectivity index is 1.53. The highest BCUT2D eigenvalue weighted by Gasteiger charge is 2.41. The molecule has 2 aromatic rings. The van der Waals surface area contributed by atoms with Gasteiger partial charge >= 0.3 is 0 Å². The molecule has 0 spiro atoms. The van der Waals surface area contributed by atoms with Gasteiger partial charge in [-0.2, -0.15) is 0 Å². The molecule has 4 rings (SSSR count). The summed E-state index contributed by atoms with van der Waals surface area (Å²) in [5, 5.41) is 5.89. The number of aryl methyl sites for hydroxylation is 2. The van der Waals surface area contributed by atoms with Crippen molar-refractivity contribution in [1.29, 1.82) is 0 Å². The van der Waals surface area contributed by atoms with Crippen molar-refractivity contribution in [1.82, 2.24) is 30.0 Å². The van der Waals surface area contributed by atoms with Gasteiger partial charge in [0, 0.05) is 44.8 Å². The molecular formula is C30H43FN6O3. The van der Waals surface area contributed by atoms with Crippen molar-refractivity contribution in [3.05, 3.63) is 53.4 Å².